The lowest BCUT2D eigenvalue weighted by molar-refractivity contribution is 0.0519. The second-order valence-corrected chi connectivity index (χ2v) is 4.74. The Morgan fingerprint density at radius 3 is 2.67 bits per heavy atom. The van der Waals surface area contributed by atoms with Crippen molar-refractivity contribution in [1.82, 2.24) is 20.3 Å². The molecule has 0 saturated carbocycles. The summed E-state index contributed by atoms with van der Waals surface area (Å²) >= 11 is 0. The summed E-state index contributed by atoms with van der Waals surface area (Å²) in [6.07, 6.45) is 1.46. The molecule has 0 aliphatic carbocycles. The molecule has 1 aromatic heterocycles. The van der Waals surface area contributed by atoms with Crippen LogP contribution in [0.1, 0.15) is 41.6 Å². The number of carbonyl (C=O) groups is 2. The molecule has 0 spiro atoms. The number of ether oxygens (including phenoxy) is 2. The van der Waals surface area contributed by atoms with Crippen LogP contribution < -0.4 is 10.1 Å². The highest BCUT2D eigenvalue weighted by Gasteiger charge is 2.16. The maximum absolute atomic E-state index is 12.0. The highest BCUT2D eigenvalue weighted by atomic mass is 16.5. The van der Waals surface area contributed by atoms with Crippen LogP contribution in [-0.4, -0.2) is 46.6 Å². The maximum atomic E-state index is 12.0. The topological polar surface area (TPSA) is 95.3 Å². The fourth-order valence-electron chi connectivity index (χ4n) is 2.06. The zero-order valence-electron chi connectivity index (χ0n) is 13.9. The Kier molecular flexibility index (Phi) is 5.89. The Morgan fingerprint density at radius 2 is 2.00 bits per heavy atom. The molecule has 128 valence electrons. The van der Waals surface area contributed by atoms with E-state index in [0.29, 0.717) is 30.2 Å². The first-order valence-corrected chi connectivity index (χ1v) is 7.75. The fourth-order valence-corrected chi connectivity index (χ4v) is 2.06. The molecule has 8 heteroatoms. The van der Waals surface area contributed by atoms with Gasteiger partial charge in [0, 0.05) is 12.1 Å². The third kappa shape index (κ3) is 3.89. The summed E-state index contributed by atoms with van der Waals surface area (Å²) in [4.78, 5) is 23.6. The van der Waals surface area contributed by atoms with Gasteiger partial charge >= 0.3 is 5.97 Å². The highest BCUT2D eigenvalue weighted by Crippen LogP contribution is 2.24. The monoisotopic (exact) mass is 332 g/mol. The van der Waals surface area contributed by atoms with Crippen molar-refractivity contribution < 1.29 is 19.1 Å². The van der Waals surface area contributed by atoms with Crippen LogP contribution in [0.2, 0.25) is 0 Å². The molecule has 1 N–H and O–H groups in total. The first kappa shape index (κ1) is 17.5. The third-order valence-corrected chi connectivity index (χ3v) is 3.08. The van der Waals surface area contributed by atoms with Crippen molar-refractivity contribution in [3.8, 4) is 11.4 Å². The van der Waals surface area contributed by atoms with Crippen LogP contribution >= 0.6 is 0 Å². The standard InChI is InChI=1S/C16H20N4O4/c1-4-17-15(21)11-7-8-13(14(9-11)23-5-2)20-10-12(18-19-20)16(22)24-6-3/h7-10H,4-6H2,1-3H3,(H,17,21). The van der Waals surface area contributed by atoms with Crippen LogP contribution in [0.3, 0.4) is 0 Å². The van der Waals surface area contributed by atoms with Crippen LogP contribution in [0.4, 0.5) is 0 Å². The number of nitrogens with zero attached hydrogens (tertiary/aromatic N) is 3. The summed E-state index contributed by atoms with van der Waals surface area (Å²) in [7, 11) is 0. The second kappa shape index (κ2) is 8.09. The minimum atomic E-state index is -0.541. The average molecular weight is 332 g/mol. The van der Waals surface area contributed by atoms with Crippen LogP contribution in [-0.2, 0) is 4.74 Å². The first-order valence-electron chi connectivity index (χ1n) is 7.75. The molecule has 0 bridgehead atoms. The van der Waals surface area contributed by atoms with Crippen molar-refractivity contribution in [2.45, 2.75) is 20.8 Å². The fraction of sp³-hybridized carbons (Fsp3) is 0.375. The first-order chi connectivity index (χ1) is 11.6. The van der Waals surface area contributed by atoms with Crippen molar-refractivity contribution in [2.24, 2.45) is 0 Å². The summed E-state index contributed by atoms with van der Waals surface area (Å²) < 4.78 is 11.9. The lowest BCUT2D eigenvalue weighted by atomic mass is 10.1. The van der Waals surface area contributed by atoms with E-state index in [1.807, 2.05) is 13.8 Å². The van der Waals surface area contributed by atoms with Crippen LogP contribution in [0, 0.1) is 0 Å². The molecule has 1 amide bonds. The number of rotatable bonds is 7. The Morgan fingerprint density at radius 1 is 1.21 bits per heavy atom. The molecule has 0 atom stereocenters. The lowest BCUT2D eigenvalue weighted by Gasteiger charge is -2.11. The quantitative estimate of drug-likeness (QED) is 0.774. The normalized spacial score (nSPS) is 10.3. The highest BCUT2D eigenvalue weighted by molar-refractivity contribution is 5.95. The van der Waals surface area contributed by atoms with Crippen molar-refractivity contribution in [3.05, 3.63) is 35.7 Å². The van der Waals surface area contributed by atoms with E-state index >= 15 is 0 Å². The Balaban J connectivity index is 2.35. The molecule has 1 aromatic carbocycles. The van der Waals surface area contributed by atoms with Gasteiger partial charge in [-0.3, -0.25) is 4.79 Å². The second-order valence-electron chi connectivity index (χ2n) is 4.74. The molecule has 0 saturated heterocycles. The van der Waals surface area contributed by atoms with Gasteiger partial charge in [-0.1, -0.05) is 5.21 Å². The largest absolute Gasteiger partial charge is 0.492 e. The van der Waals surface area contributed by atoms with E-state index in [-0.39, 0.29) is 18.2 Å². The molecular weight excluding hydrogens is 312 g/mol. The molecule has 2 rings (SSSR count). The zero-order chi connectivity index (χ0) is 17.5. The van der Waals surface area contributed by atoms with Gasteiger partial charge < -0.3 is 14.8 Å². The van der Waals surface area contributed by atoms with Crippen molar-refractivity contribution >= 4 is 11.9 Å². The van der Waals surface area contributed by atoms with E-state index in [1.54, 1.807) is 25.1 Å². The van der Waals surface area contributed by atoms with E-state index in [2.05, 4.69) is 15.6 Å². The van der Waals surface area contributed by atoms with Gasteiger partial charge in [0.25, 0.3) is 5.91 Å². The molecule has 0 aliphatic rings. The molecule has 0 fully saturated rings. The Hall–Kier alpha value is -2.90. The Bertz CT molecular complexity index is 727. The number of amides is 1. The van der Waals surface area contributed by atoms with E-state index < -0.39 is 5.97 Å². The SMILES string of the molecule is CCNC(=O)c1ccc(-n2cc(C(=O)OCC)nn2)c(OCC)c1. The smallest absolute Gasteiger partial charge is 0.360 e. The van der Waals surface area contributed by atoms with Gasteiger partial charge in [0.15, 0.2) is 5.69 Å². The predicted molar refractivity (Wildman–Crippen MR) is 86.5 cm³/mol. The van der Waals surface area contributed by atoms with Crippen molar-refractivity contribution in [1.29, 1.82) is 0 Å². The average Bonchev–Trinajstić information content (AvgIpc) is 3.05. The van der Waals surface area contributed by atoms with Gasteiger partial charge in [0.2, 0.25) is 0 Å². The molecule has 8 nitrogen and oxygen atoms in total. The van der Waals surface area contributed by atoms with Gasteiger partial charge in [-0.05, 0) is 39.0 Å². The van der Waals surface area contributed by atoms with E-state index in [0.717, 1.165) is 0 Å². The number of hydrogen-bond donors (Lipinski definition) is 1. The maximum Gasteiger partial charge on any atom is 0.360 e. The van der Waals surface area contributed by atoms with Gasteiger partial charge in [0.05, 0.1) is 19.4 Å². The number of aromatic nitrogens is 3. The molecule has 2 aromatic rings. The van der Waals surface area contributed by atoms with Crippen molar-refractivity contribution in [2.75, 3.05) is 19.8 Å². The van der Waals surface area contributed by atoms with Crippen LogP contribution in [0.5, 0.6) is 5.75 Å². The van der Waals surface area contributed by atoms with E-state index in [1.165, 1.54) is 10.9 Å². The molecule has 0 radical (unpaired) electrons. The van der Waals surface area contributed by atoms with Crippen LogP contribution in [0.25, 0.3) is 5.69 Å². The Labute approximate surface area is 139 Å². The van der Waals surface area contributed by atoms with Gasteiger partial charge in [0.1, 0.15) is 11.4 Å². The molecule has 0 unspecified atom stereocenters. The number of nitrogens with one attached hydrogen (secondary N) is 1. The third-order valence-electron chi connectivity index (χ3n) is 3.08. The molecule has 0 aliphatic heterocycles. The van der Waals surface area contributed by atoms with Gasteiger partial charge in [-0.25, -0.2) is 9.48 Å². The summed E-state index contributed by atoms with van der Waals surface area (Å²) in [6.45, 7) is 6.63. The minimum Gasteiger partial charge on any atom is -0.492 e. The van der Waals surface area contributed by atoms with Crippen LogP contribution in [0.15, 0.2) is 24.4 Å². The van der Waals surface area contributed by atoms with Gasteiger partial charge in [-0.2, -0.15) is 0 Å². The lowest BCUT2D eigenvalue weighted by Crippen LogP contribution is -2.22. The molecule has 24 heavy (non-hydrogen) atoms. The predicted octanol–water partition coefficient (Wildman–Crippen LogP) is 1.59. The number of carbonyl (C=O) groups excluding carboxylic acids is 2. The zero-order valence-corrected chi connectivity index (χ0v) is 13.9. The molecule has 1 heterocycles. The summed E-state index contributed by atoms with van der Waals surface area (Å²) in [6, 6.07) is 4.99. The summed E-state index contributed by atoms with van der Waals surface area (Å²) in [5.74, 6) is -0.252. The van der Waals surface area contributed by atoms with E-state index in [4.69, 9.17) is 9.47 Å². The van der Waals surface area contributed by atoms with Crippen molar-refractivity contribution in [3.63, 3.8) is 0 Å². The number of hydrogen-bond acceptors (Lipinski definition) is 6. The minimum absolute atomic E-state index is 0.104. The van der Waals surface area contributed by atoms with E-state index in [9.17, 15) is 9.59 Å². The molecular formula is C16H20N4O4. The summed E-state index contributed by atoms with van der Waals surface area (Å²) in [5, 5.41) is 10.5. The number of benzene rings is 1. The summed E-state index contributed by atoms with van der Waals surface area (Å²) in [5.41, 5.74) is 1.16. The number of esters is 1. The van der Waals surface area contributed by atoms with Gasteiger partial charge in [-0.15, -0.1) is 5.10 Å².